The van der Waals surface area contributed by atoms with Gasteiger partial charge in [-0.3, -0.25) is 14.9 Å². The van der Waals surface area contributed by atoms with Crippen molar-refractivity contribution in [2.75, 3.05) is 5.75 Å². The van der Waals surface area contributed by atoms with Gasteiger partial charge in [0.25, 0.3) is 0 Å². The van der Waals surface area contributed by atoms with Crippen molar-refractivity contribution in [3.05, 3.63) is 26.6 Å². The first kappa shape index (κ1) is 11.8. The number of carbonyl (C=O) groups excluding carboxylic acids is 1. The number of hydrogen-bond acceptors (Lipinski definition) is 5. The van der Waals surface area contributed by atoms with Crippen LogP contribution in [0.5, 0.6) is 0 Å². The van der Waals surface area contributed by atoms with Gasteiger partial charge < -0.3 is 0 Å². The van der Waals surface area contributed by atoms with Gasteiger partial charge in [-0.1, -0.05) is 23.2 Å². The predicted octanol–water partition coefficient (Wildman–Crippen LogP) is 2.14. The predicted molar refractivity (Wildman–Crippen MR) is 61.7 cm³/mol. The summed E-state index contributed by atoms with van der Waals surface area (Å²) in [4.78, 5) is 20.8. The molecule has 0 atom stereocenters. The fraction of sp³-hybridized carbons (Fsp3) is 0.222. The second kappa shape index (κ2) is 5.53. The average molecular weight is 241 g/mol. The standard InChI is InChI=1S/C9H7NO3S2/c11-6-8-5-7(3-1-2-4-14)9(15-8)10(12)13/h5-6,14H,2,4H2. The first-order valence-corrected chi connectivity index (χ1v) is 5.47. The summed E-state index contributed by atoms with van der Waals surface area (Å²) in [7, 11) is 0. The molecule has 0 unspecified atom stereocenters. The van der Waals surface area contributed by atoms with E-state index in [-0.39, 0.29) is 5.00 Å². The lowest BCUT2D eigenvalue weighted by Crippen LogP contribution is -1.85. The monoisotopic (exact) mass is 241 g/mol. The third-order valence-electron chi connectivity index (χ3n) is 1.47. The third kappa shape index (κ3) is 3.08. The number of rotatable bonds is 3. The molecule has 1 aromatic heterocycles. The maximum Gasteiger partial charge on any atom is 0.340 e. The van der Waals surface area contributed by atoms with E-state index in [2.05, 4.69) is 24.5 Å². The van der Waals surface area contributed by atoms with Crippen LogP contribution in [0.25, 0.3) is 0 Å². The molecule has 0 aromatic carbocycles. The van der Waals surface area contributed by atoms with E-state index < -0.39 is 4.92 Å². The third-order valence-corrected chi connectivity index (χ3v) is 2.71. The van der Waals surface area contributed by atoms with E-state index in [1.165, 1.54) is 6.07 Å². The summed E-state index contributed by atoms with van der Waals surface area (Å²) in [5, 5.41) is 10.5. The van der Waals surface area contributed by atoms with Crippen LogP contribution in [0, 0.1) is 22.0 Å². The molecule has 0 fully saturated rings. The first-order valence-electron chi connectivity index (χ1n) is 4.02. The highest BCUT2D eigenvalue weighted by atomic mass is 32.1. The quantitative estimate of drug-likeness (QED) is 0.290. The molecule has 0 bridgehead atoms. The van der Waals surface area contributed by atoms with Crippen molar-refractivity contribution in [1.29, 1.82) is 0 Å². The van der Waals surface area contributed by atoms with Gasteiger partial charge in [0, 0.05) is 12.2 Å². The Morgan fingerprint density at radius 3 is 2.93 bits per heavy atom. The van der Waals surface area contributed by atoms with Crippen molar-refractivity contribution in [2.45, 2.75) is 6.42 Å². The van der Waals surface area contributed by atoms with E-state index in [4.69, 9.17) is 0 Å². The van der Waals surface area contributed by atoms with Crippen LogP contribution in [0.3, 0.4) is 0 Å². The molecule has 6 heteroatoms. The largest absolute Gasteiger partial charge is 0.340 e. The van der Waals surface area contributed by atoms with Gasteiger partial charge in [-0.05, 0) is 6.07 Å². The van der Waals surface area contributed by atoms with Crippen LogP contribution in [-0.2, 0) is 0 Å². The molecule has 15 heavy (non-hydrogen) atoms. The van der Waals surface area contributed by atoms with Crippen LogP contribution < -0.4 is 0 Å². The molecule has 4 nitrogen and oxygen atoms in total. The van der Waals surface area contributed by atoms with Gasteiger partial charge in [0.05, 0.1) is 9.80 Å². The van der Waals surface area contributed by atoms with Crippen molar-refractivity contribution in [3.63, 3.8) is 0 Å². The normalized spacial score (nSPS) is 9.13. The van der Waals surface area contributed by atoms with Crippen LogP contribution in [0.1, 0.15) is 21.7 Å². The lowest BCUT2D eigenvalue weighted by atomic mass is 10.3. The van der Waals surface area contributed by atoms with Gasteiger partial charge in [0.2, 0.25) is 0 Å². The lowest BCUT2D eigenvalue weighted by Gasteiger charge is -1.84. The number of nitrogens with zero attached hydrogens (tertiary/aromatic N) is 1. The Hall–Kier alpha value is -1.32. The smallest absolute Gasteiger partial charge is 0.297 e. The van der Waals surface area contributed by atoms with E-state index in [0.29, 0.717) is 28.9 Å². The van der Waals surface area contributed by atoms with Gasteiger partial charge in [0.15, 0.2) is 6.29 Å². The highest BCUT2D eigenvalue weighted by Crippen LogP contribution is 2.28. The first-order chi connectivity index (χ1) is 7.19. The summed E-state index contributed by atoms with van der Waals surface area (Å²) < 4.78 is 0. The Labute approximate surface area is 95.9 Å². The summed E-state index contributed by atoms with van der Waals surface area (Å²) in [6.07, 6.45) is 1.15. The van der Waals surface area contributed by atoms with Gasteiger partial charge in [-0.15, -0.1) is 0 Å². The second-order valence-corrected chi connectivity index (χ2v) is 4.03. The molecular weight excluding hydrogens is 234 g/mol. The summed E-state index contributed by atoms with van der Waals surface area (Å²) in [6, 6.07) is 1.43. The lowest BCUT2D eigenvalue weighted by molar-refractivity contribution is -0.380. The minimum atomic E-state index is -0.525. The zero-order valence-electron chi connectivity index (χ0n) is 7.60. The molecule has 1 aromatic rings. The summed E-state index contributed by atoms with van der Waals surface area (Å²) in [5.41, 5.74) is 0.300. The van der Waals surface area contributed by atoms with Crippen LogP contribution >= 0.6 is 24.0 Å². The molecule has 0 aliphatic heterocycles. The maximum atomic E-state index is 10.6. The number of nitro groups is 1. The topological polar surface area (TPSA) is 60.2 Å². The average Bonchev–Trinajstić information content (AvgIpc) is 2.62. The van der Waals surface area contributed by atoms with E-state index in [1.807, 2.05) is 0 Å². The minimum absolute atomic E-state index is 0.0798. The minimum Gasteiger partial charge on any atom is -0.297 e. The Kier molecular flexibility index (Phi) is 4.34. The Balaban J connectivity index is 3.05. The molecule has 1 rings (SSSR count). The van der Waals surface area contributed by atoms with Crippen LogP contribution in [-0.4, -0.2) is 17.0 Å². The number of hydrogen-bond donors (Lipinski definition) is 1. The summed E-state index contributed by atoms with van der Waals surface area (Å²) >= 11 is 4.80. The number of thiol groups is 1. The molecule has 0 aliphatic rings. The van der Waals surface area contributed by atoms with Crippen molar-refractivity contribution in [3.8, 4) is 11.8 Å². The van der Waals surface area contributed by atoms with Crippen molar-refractivity contribution >= 4 is 35.3 Å². The van der Waals surface area contributed by atoms with E-state index in [9.17, 15) is 14.9 Å². The second-order valence-electron chi connectivity index (χ2n) is 2.52. The van der Waals surface area contributed by atoms with E-state index in [1.54, 1.807) is 0 Å². The zero-order valence-corrected chi connectivity index (χ0v) is 9.31. The van der Waals surface area contributed by atoms with Crippen molar-refractivity contribution in [1.82, 2.24) is 0 Å². The molecule has 0 amide bonds. The van der Waals surface area contributed by atoms with Gasteiger partial charge in [-0.2, -0.15) is 12.6 Å². The Morgan fingerprint density at radius 1 is 1.67 bits per heavy atom. The molecule has 0 saturated carbocycles. The number of aldehydes is 1. The molecule has 78 valence electrons. The highest BCUT2D eigenvalue weighted by molar-refractivity contribution is 7.80. The molecule has 1 heterocycles. The SMILES string of the molecule is O=Cc1cc(C#CCCS)c([N+](=O)[O-])s1. The van der Waals surface area contributed by atoms with Crippen LogP contribution in [0.15, 0.2) is 6.07 Å². The Morgan fingerprint density at radius 2 is 2.40 bits per heavy atom. The summed E-state index contributed by atoms with van der Waals surface area (Å²) in [6.45, 7) is 0. The number of carbonyl (C=O) groups is 1. The molecule has 0 N–H and O–H groups in total. The van der Waals surface area contributed by atoms with Crippen molar-refractivity contribution in [2.24, 2.45) is 0 Å². The molecule has 0 aliphatic carbocycles. The zero-order chi connectivity index (χ0) is 11.3. The number of thiophene rings is 1. The maximum absolute atomic E-state index is 10.6. The van der Waals surface area contributed by atoms with Crippen LogP contribution in [0.4, 0.5) is 5.00 Å². The fourth-order valence-electron chi connectivity index (χ4n) is 0.897. The fourth-order valence-corrected chi connectivity index (χ4v) is 1.75. The van der Waals surface area contributed by atoms with Crippen LogP contribution in [0.2, 0.25) is 0 Å². The van der Waals surface area contributed by atoms with Gasteiger partial charge >= 0.3 is 5.00 Å². The highest BCUT2D eigenvalue weighted by Gasteiger charge is 2.17. The molecule has 0 saturated heterocycles. The van der Waals surface area contributed by atoms with Gasteiger partial charge in [0.1, 0.15) is 5.56 Å². The molecular formula is C9H7NO3S2. The molecule has 0 radical (unpaired) electrons. The van der Waals surface area contributed by atoms with Gasteiger partial charge in [-0.25, -0.2) is 0 Å². The molecule has 0 spiro atoms. The van der Waals surface area contributed by atoms with Crippen molar-refractivity contribution < 1.29 is 9.72 Å². The van der Waals surface area contributed by atoms with E-state index in [0.717, 1.165) is 11.3 Å². The van der Waals surface area contributed by atoms with E-state index >= 15 is 0 Å². The summed E-state index contributed by atoms with van der Waals surface area (Å²) in [5.74, 6) is 6.01. The Bertz CT molecular complexity index is 442.